The lowest BCUT2D eigenvalue weighted by atomic mass is 9.80. The topological polar surface area (TPSA) is 26.3 Å². The summed E-state index contributed by atoms with van der Waals surface area (Å²) in [5.74, 6) is 0. The molecule has 0 spiro atoms. The molecule has 1 aliphatic carbocycles. The smallest absolute Gasteiger partial charge is 0.240 e. The summed E-state index contributed by atoms with van der Waals surface area (Å²) in [5, 5.41) is 2.53. The van der Waals surface area contributed by atoms with Crippen molar-refractivity contribution in [3.05, 3.63) is 60.7 Å². The van der Waals surface area contributed by atoms with Crippen LogP contribution < -0.4 is 10.4 Å². The van der Waals surface area contributed by atoms with Crippen molar-refractivity contribution in [1.82, 2.24) is 0 Å². The molecule has 3 rings (SSSR count). The maximum atomic E-state index is 11.8. The van der Waals surface area contributed by atoms with Gasteiger partial charge in [-0.05, 0) is 28.6 Å². The van der Waals surface area contributed by atoms with E-state index in [9.17, 15) is 4.79 Å². The van der Waals surface area contributed by atoms with Crippen molar-refractivity contribution in [2.45, 2.75) is 39.7 Å². The zero-order chi connectivity index (χ0) is 17.2. The number of rotatable bonds is 6. The van der Waals surface area contributed by atoms with E-state index in [0.717, 1.165) is 19.1 Å². The van der Waals surface area contributed by atoms with Crippen LogP contribution in [0.25, 0.3) is 0 Å². The maximum absolute atomic E-state index is 11.8. The number of aldehydes is 1. The molecule has 2 aromatic carbocycles. The Morgan fingerprint density at radius 2 is 1.42 bits per heavy atom. The van der Waals surface area contributed by atoms with E-state index in [2.05, 4.69) is 69.3 Å². The number of hydrogen-bond donors (Lipinski definition) is 0. The van der Waals surface area contributed by atoms with Crippen LogP contribution in [-0.4, -0.2) is 21.4 Å². The molecular weight excluding hydrogens is 312 g/mol. The Labute approximate surface area is 146 Å². The second-order valence-corrected chi connectivity index (χ2v) is 10.3. The first kappa shape index (κ1) is 17.1. The van der Waals surface area contributed by atoms with E-state index in [0.29, 0.717) is 0 Å². The van der Waals surface area contributed by atoms with Crippen molar-refractivity contribution in [3.8, 4) is 0 Å². The minimum atomic E-state index is -1.84. The molecule has 0 N–H and O–H groups in total. The van der Waals surface area contributed by atoms with Crippen molar-refractivity contribution >= 4 is 25.7 Å². The second-order valence-electron chi connectivity index (χ2n) is 7.93. The molecule has 2 aromatic rings. The van der Waals surface area contributed by atoms with E-state index in [4.69, 9.17) is 4.43 Å². The Morgan fingerprint density at radius 3 is 1.75 bits per heavy atom. The molecule has 0 aromatic heterocycles. The van der Waals surface area contributed by atoms with Crippen molar-refractivity contribution < 1.29 is 9.22 Å². The lowest BCUT2D eigenvalue weighted by Crippen LogP contribution is -2.52. The minimum absolute atomic E-state index is 0.0421. The highest BCUT2D eigenvalue weighted by molar-refractivity contribution is 6.80. The Kier molecular flexibility index (Phi) is 4.75. The van der Waals surface area contributed by atoms with Crippen molar-refractivity contribution in [2.24, 2.45) is 10.8 Å². The fraction of sp³-hybridized carbons (Fsp3) is 0.381. The third-order valence-corrected chi connectivity index (χ3v) is 7.37. The van der Waals surface area contributed by atoms with Gasteiger partial charge in [-0.15, -0.1) is 0 Å². The molecule has 0 bridgehead atoms. The van der Waals surface area contributed by atoms with E-state index in [-0.39, 0.29) is 16.9 Å². The molecule has 0 heterocycles. The highest BCUT2D eigenvalue weighted by Gasteiger charge is 2.55. The van der Waals surface area contributed by atoms with E-state index in [1.165, 1.54) is 10.4 Å². The van der Waals surface area contributed by atoms with Gasteiger partial charge in [0.05, 0.1) is 11.5 Å². The van der Waals surface area contributed by atoms with Crippen LogP contribution in [0.4, 0.5) is 0 Å². The predicted molar refractivity (Wildman–Crippen MR) is 101 cm³/mol. The highest BCUT2D eigenvalue weighted by atomic mass is 28.3. The molecule has 0 aliphatic heterocycles. The summed E-state index contributed by atoms with van der Waals surface area (Å²) in [4.78, 5) is 11.8. The van der Waals surface area contributed by atoms with Gasteiger partial charge < -0.3 is 9.22 Å². The van der Waals surface area contributed by atoms with Crippen LogP contribution in [0.2, 0.25) is 0 Å². The van der Waals surface area contributed by atoms with Gasteiger partial charge in [0.2, 0.25) is 9.04 Å². The third-order valence-electron chi connectivity index (χ3n) is 4.85. The van der Waals surface area contributed by atoms with Gasteiger partial charge in [0.1, 0.15) is 6.29 Å². The molecular formula is C21H26O2Si. The van der Waals surface area contributed by atoms with Crippen LogP contribution in [-0.2, 0) is 9.22 Å². The lowest BCUT2D eigenvalue weighted by molar-refractivity contribution is -0.118. The van der Waals surface area contributed by atoms with Crippen molar-refractivity contribution in [3.63, 3.8) is 0 Å². The molecule has 1 saturated carbocycles. The summed E-state index contributed by atoms with van der Waals surface area (Å²) in [6.07, 6.45) is 3.00. The van der Waals surface area contributed by atoms with E-state index < -0.39 is 9.04 Å². The molecule has 3 heteroatoms. The number of hydrogen-bond acceptors (Lipinski definition) is 2. The normalized spacial score (nSPS) is 17.5. The first-order chi connectivity index (χ1) is 11.5. The summed E-state index contributed by atoms with van der Waals surface area (Å²) in [7, 11) is -1.84. The van der Waals surface area contributed by atoms with Crippen LogP contribution in [0.15, 0.2) is 60.7 Å². The maximum Gasteiger partial charge on any atom is 0.240 e. The Hall–Kier alpha value is -1.71. The Bertz CT molecular complexity index is 632. The van der Waals surface area contributed by atoms with E-state index in [1.54, 1.807) is 0 Å². The van der Waals surface area contributed by atoms with Crippen LogP contribution >= 0.6 is 0 Å². The average molecular weight is 339 g/mol. The summed E-state index contributed by atoms with van der Waals surface area (Å²) in [6, 6.07) is 21.0. The third kappa shape index (κ3) is 3.52. The van der Waals surface area contributed by atoms with Crippen LogP contribution in [0.3, 0.4) is 0 Å². The Balaban J connectivity index is 1.98. The van der Waals surface area contributed by atoms with Crippen LogP contribution in [0.1, 0.15) is 33.6 Å². The predicted octanol–water partition coefficient (Wildman–Crippen LogP) is 2.94. The number of carbonyl (C=O) groups is 1. The minimum Gasteiger partial charge on any atom is -0.406 e. The molecule has 1 atom stereocenters. The van der Waals surface area contributed by atoms with Gasteiger partial charge in [0.25, 0.3) is 0 Å². The van der Waals surface area contributed by atoms with Crippen molar-refractivity contribution in [1.29, 1.82) is 0 Å². The zero-order valence-electron chi connectivity index (χ0n) is 14.7. The summed E-state index contributed by atoms with van der Waals surface area (Å²) >= 11 is 0. The van der Waals surface area contributed by atoms with Gasteiger partial charge in [0.15, 0.2) is 0 Å². The number of benzene rings is 2. The molecule has 1 fully saturated rings. The summed E-state index contributed by atoms with van der Waals surface area (Å²) in [5.41, 5.74) is -0.348. The molecule has 2 nitrogen and oxygen atoms in total. The van der Waals surface area contributed by atoms with Crippen LogP contribution in [0.5, 0.6) is 0 Å². The highest BCUT2D eigenvalue weighted by Crippen LogP contribution is 2.53. The quantitative estimate of drug-likeness (QED) is 0.598. The van der Waals surface area contributed by atoms with E-state index >= 15 is 0 Å². The van der Waals surface area contributed by atoms with Gasteiger partial charge in [-0.25, -0.2) is 0 Å². The lowest BCUT2D eigenvalue weighted by Gasteiger charge is -2.38. The average Bonchev–Trinajstić information content (AvgIpc) is 3.37. The standard InChI is InChI=1S/C21H26O2Si/c1-20(2,3)19(21(16-22)14-15-21)23-24(17-10-6-4-7-11-17)18-12-8-5-9-13-18/h4-13,16,19,24H,14-15H2,1-3H3. The molecule has 0 amide bonds. The first-order valence-corrected chi connectivity index (χ1v) is 10.3. The first-order valence-electron chi connectivity index (χ1n) is 8.68. The van der Waals surface area contributed by atoms with Gasteiger partial charge >= 0.3 is 0 Å². The largest absolute Gasteiger partial charge is 0.406 e. The number of carbonyl (C=O) groups excluding carboxylic acids is 1. The summed E-state index contributed by atoms with van der Waals surface area (Å²) < 4.78 is 6.81. The molecule has 0 radical (unpaired) electrons. The van der Waals surface area contributed by atoms with Gasteiger partial charge in [-0.3, -0.25) is 0 Å². The molecule has 1 aliphatic rings. The fourth-order valence-electron chi connectivity index (χ4n) is 3.53. The monoisotopic (exact) mass is 338 g/mol. The molecule has 1 unspecified atom stereocenters. The Morgan fingerprint density at radius 1 is 0.958 bits per heavy atom. The summed E-state index contributed by atoms with van der Waals surface area (Å²) in [6.45, 7) is 6.55. The SMILES string of the molecule is CC(C)(C)C(O[SiH](c1ccccc1)c1ccccc1)C1(C=O)CC1. The van der Waals surface area contributed by atoms with Gasteiger partial charge in [-0.1, -0.05) is 81.4 Å². The molecule has 0 saturated heterocycles. The van der Waals surface area contributed by atoms with Crippen molar-refractivity contribution in [2.75, 3.05) is 0 Å². The van der Waals surface area contributed by atoms with Crippen LogP contribution in [0, 0.1) is 10.8 Å². The second kappa shape index (κ2) is 6.65. The molecule has 24 heavy (non-hydrogen) atoms. The van der Waals surface area contributed by atoms with Gasteiger partial charge in [-0.2, -0.15) is 0 Å². The zero-order valence-corrected chi connectivity index (χ0v) is 15.9. The van der Waals surface area contributed by atoms with Gasteiger partial charge in [0, 0.05) is 0 Å². The molecule has 126 valence electrons. The van der Waals surface area contributed by atoms with E-state index in [1.807, 2.05) is 12.1 Å². The fourth-order valence-corrected chi connectivity index (χ4v) is 6.32.